The Morgan fingerprint density at radius 2 is 2.50 bits per heavy atom. The topological polar surface area (TPSA) is 46.3 Å². The van der Waals surface area contributed by atoms with Crippen LogP contribution in [-0.4, -0.2) is 17.5 Å². The van der Waals surface area contributed by atoms with E-state index in [1.54, 1.807) is 6.92 Å². The zero-order valence-corrected chi connectivity index (χ0v) is 4.72. The molecule has 0 aliphatic heterocycles. The third kappa shape index (κ3) is 1.52. The minimum Gasteiger partial charge on any atom is -0.351 e. The number of nitrogens with two attached hydrogens (primary N) is 1. The first kappa shape index (κ1) is 6.83. The maximum Gasteiger partial charge on any atom is 0.326 e. The Labute approximate surface area is 48.5 Å². The van der Waals surface area contributed by atoms with Crippen molar-refractivity contribution in [1.29, 1.82) is 0 Å². The first-order valence-corrected chi connectivity index (χ1v) is 2.25. The monoisotopic (exact) mass is 112 g/mol. The second-order valence-corrected chi connectivity index (χ2v) is 1.21. The van der Waals surface area contributed by atoms with E-state index in [1.165, 1.54) is 0 Å². The molecular formula is C5H8N2O. The Hall–Kier alpha value is -1.17. The molecule has 44 valence electrons. The van der Waals surface area contributed by atoms with Crippen LogP contribution in [0.2, 0.25) is 0 Å². The number of nitrogens with zero attached hydrogens (tertiary/aromatic N) is 1. The first-order valence-electron chi connectivity index (χ1n) is 2.25. The standard InChI is InChI=1S/C5H8N2O/c1-3-7(4-2)5(6)8/h1H,4H2,2H3,(H2,6,8). The van der Waals surface area contributed by atoms with E-state index in [1.807, 2.05) is 0 Å². The van der Waals surface area contributed by atoms with Crippen LogP contribution in [0, 0.1) is 12.5 Å². The van der Waals surface area contributed by atoms with E-state index in [9.17, 15) is 4.79 Å². The zero-order valence-electron chi connectivity index (χ0n) is 4.72. The molecule has 0 aromatic carbocycles. The van der Waals surface area contributed by atoms with Gasteiger partial charge in [-0.15, -0.1) is 0 Å². The van der Waals surface area contributed by atoms with Crippen molar-refractivity contribution in [2.45, 2.75) is 6.92 Å². The van der Waals surface area contributed by atoms with Crippen LogP contribution in [0.4, 0.5) is 4.79 Å². The molecule has 2 amide bonds. The van der Waals surface area contributed by atoms with Gasteiger partial charge in [0.15, 0.2) is 0 Å². The minimum absolute atomic E-state index is 0.464. The maximum atomic E-state index is 10.2. The highest BCUT2D eigenvalue weighted by molar-refractivity contribution is 5.73. The van der Waals surface area contributed by atoms with E-state index in [2.05, 4.69) is 6.04 Å². The fourth-order valence-corrected chi connectivity index (χ4v) is 0.311. The second kappa shape index (κ2) is 2.92. The second-order valence-electron chi connectivity index (χ2n) is 1.21. The highest BCUT2D eigenvalue weighted by Gasteiger charge is 1.99. The lowest BCUT2D eigenvalue weighted by molar-refractivity contribution is 0.229. The van der Waals surface area contributed by atoms with Gasteiger partial charge in [-0.3, -0.25) is 4.90 Å². The number of carbonyl (C=O) groups excluding carboxylic acids is 1. The third-order valence-corrected chi connectivity index (χ3v) is 0.738. The van der Waals surface area contributed by atoms with Gasteiger partial charge < -0.3 is 5.73 Å². The largest absolute Gasteiger partial charge is 0.351 e. The number of amides is 2. The van der Waals surface area contributed by atoms with E-state index in [4.69, 9.17) is 12.2 Å². The average molecular weight is 112 g/mol. The van der Waals surface area contributed by atoms with Gasteiger partial charge in [0.05, 0.1) is 0 Å². The van der Waals surface area contributed by atoms with Gasteiger partial charge >= 0.3 is 6.03 Å². The molecule has 0 saturated carbocycles. The molecule has 0 aliphatic carbocycles. The van der Waals surface area contributed by atoms with E-state index < -0.39 is 6.03 Å². The summed E-state index contributed by atoms with van der Waals surface area (Å²) in [6.45, 7) is 2.22. The van der Waals surface area contributed by atoms with Crippen molar-refractivity contribution in [1.82, 2.24) is 4.90 Å². The number of terminal acetylenes is 1. The Kier molecular flexibility index (Phi) is 2.49. The van der Waals surface area contributed by atoms with Crippen molar-refractivity contribution in [3.63, 3.8) is 0 Å². The van der Waals surface area contributed by atoms with Crippen molar-refractivity contribution >= 4 is 6.03 Å². The fraction of sp³-hybridized carbons (Fsp3) is 0.400. The van der Waals surface area contributed by atoms with Gasteiger partial charge in [0.1, 0.15) is 0 Å². The number of hydrogen-bond acceptors (Lipinski definition) is 1. The average Bonchev–Trinajstić information content (AvgIpc) is 1.69. The van der Waals surface area contributed by atoms with Gasteiger partial charge in [-0.1, -0.05) is 6.42 Å². The summed E-state index contributed by atoms with van der Waals surface area (Å²) in [7, 11) is 0. The lowest BCUT2D eigenvalue weighted by atomic mass is 10.6. The quantitative estimate of drug-likeness (QED) is 0.376. The number of urea groups is 1. The summed E-state index contributed by atoms with van der Waals surface area (Å²) in [5.41, 5.74) is 4.80. The van der Waals surface area contributed by atoms with Gasteiger partial charge in [-0.05, 0) is 6.92 Å². The van der Waals surface area contributed by atoms with Crippen LogP contribution in [-0.2, 0) is 0 Å². The number of carbonyl (C=O) groups is 1. The summed E-state index contributed by atoms with van der Waals surface area (Å²) >= 11 is 0. The van der Waals surface area contributed by atoms with E-state index in [-0.39, 0.29) is 0 Å². The molecule has 0 bridgehead atoms. The lowest BCUT2D eigenvalue weighted by Gasteiger charge is -2.06. The zero-order chi connectivity index (χ0) is 6.57. The maximum absolute atomic E-state index is 10.2. The molecule has 2 N–H and O–H groups in total. The van der Waals surface area contributed by atoms with Gasteiger partial charge in [0.2, 0.25) is 0 Å². The van der Waals surface area contributed by atoms with Crippen LogP contribution < -0.4 is 5.73 Å². The molecule has 0 aliphatic rings. The molecule has 0 spiro atoms. The molecule has 0 fully saturated rings. The first-order chi connectivity index (χ1) is 3.72. The van der Waals surface area contributed by atoms with Crippen LogP contribution in [0.25, 0.3) is 0 Å². The molecular weight excluding hydrogens is 104 g/mol. The predicted octanol–water partition coefficient (Wildman–Crippen LogP) is -0.0223. The molecule has 0 saturated heterocycles. The van der Waals surface area contributed by atoms with Gasteiger partial charge in [0.25, 0.3) is 0 Å². The summed E-state index contributed by atoms with van der Waals surface area (Å²) in [6, 6.07) is 1.54. The Balaban J connectivity index is 3.76. The summed E-state index contributed by atoms with van der Waals surface area (Å²) < 4.78 is 0. The van der Waals surface area contributed by atoms with Crippen molar-refractivity contribution in [2.24, 2.45) is 5.73 Å². The Morgan fingerprint density at radius 1 is 2.00 bits per heavy atom. The molecule has 0 heterocycles. The molecule has 3 nitrogen and oxygen atoms in total. The number of rotatable bonds is 1. The van der Waals surface area contributed by atoms with Gasteiger partial charge in [0, 0.05) is 12.6 Å². The van der Waals surface area contributed by atoms with E-state index >= 15 is 0 Å². The molecule has 3 heteroatoms. The van der Waals surface area contributed by atoms with Crippen molar-refractivity contribution in [2.75, 3.05) is 6.54 Å². The molecule has 0 aromatic rings. The molecule has 0 unspecified atom stereocenters. The predicted molar refractivity (Wildman–Crippen MR) is 30.8 cm³/mol. The Morgan fingerprint density at radius 3 is 2.50 bits per heavy atom. The number of primary amides is 1. The van der Waals surface area contributed by atoms with E-state index in [0.29, 0.717) is 6.54 Å². The summed E-state index contributed by atoms with van der Waals surface area (Å²) in [5.74, 6) is 0. The molecule has 0 atom stereocenters. The highest BCUT2D eigenvalue weighted by atomic mass is 16.2. The van der Waals surface area contributed by atoms with Crippen molar-refractivity contribution < 1.29 is 4.79 Å². The van der Waals surface area contributed by atoms with Crippen LogP contribution in [0.15, 0.2) is 0 Å². The van der Waals surface area contributed by atoms with Crippen molar-refractivity contribution in [3.8, 4) is 12.5 Å². The van der Waals surface area contributed by atoms with E-state index in [0.717, 1.165) is 4.90 Å². The molecule has 8 heavy (non-hydrogen) atoms. The normalized spacial score (nSPS) is 7.50. The van der Waals surface area contributed by atoms with Gasteiger partial charge in [-0.25, -0.2) is 4.79 Å². The summed E-state index contributed by atoms with van der Waals surface area (Å²) in [5, 5.41) is 0. The Bertz CT molecular complexity index is 125. The third-order valence-electron chi connectivity index (χ3n) is 0.738. The van der Waals surface area contributed by atoms with Crippen LogP contribution in [0.5, 0.6) is 0 Å². The molecule has 0 radical (unpaired) electrons. The fourth-order valence-electron chi connectivity index (χ4n) is 0.311. The highest BCUT2D eigenvalue weighted by Crippen LogP contribution is 1.79. The van der Waals surface area contributed by atoms with Gasteiger partial charge in [-0.2, -0.15) is 0 Å². The molecule has 0 rings (SSSR count). The van der Waals surface area contributed by atoms with Crippen LogP contribution in [0.3, 0.4) is 0 Å². The molecule has 0 aromatic heterocycles. The lowest BCUT2D eigenvalue weighted by Crippen LogP contribution is -2.30. The number of hydrogen-bond donors (Lipinski definition) is 1. The smallest absolute Gasteiger partial charge is 0.326 e. The summed E-state index contributed by atoms with van der Waals surface area (Å²) in [4.78, 5) is 11.3. The van der Waals surface area contributed by atoms with Crippen LogP contribution >= 0.6 is 0 Å². The summed E-state index contributed by atoms with van der Waals surface area (Å²) in [6.07, 6.45) is 4.86. The minimum atomic E-state index is -0.574. The SMILES string of the molecule is C#CN(CC)C(N)=O. The van der Waals surface area contributed by atoms with Crippen LogP contribution in [0.1, 0.15) is 6.92 Å². The van der Waals surface area contributed by atoms with Crippen molar-refractivity contribution in [3.05, 3.63) is 0 Å².